The van der Waals surface area contributed by atoms with Crippen molar-refractivity contribution < 1.29 is 19.1 Å². The van der Waals surface area contributed by atoms with E-state index in [9.17, 15) is 14.4 Å². The van der Waals surface area contributed by atoms with Crippen LogP contribution in [0.4, 0.5) is 10.7 Å². The zero-order valence-corrected chi connectivity index (χ0v) is 25.4. The summed E-state index contributed by atoms with van der Waals surface area (Å²) in [5.74, 6) is -0.153. The lowest BCUT2D eigenvalue weighted by molar-refractivity contribution is -0.126. The summed E-state index contributed by atoms with van der Waals surface area (Å²) in [4.78, 5) is 52.3. The molecule has 0 bridgehead atoms. The van der Waals surface area contributed by atoms with Gasteiger partial charge in [-0.05, 0) is 65.0 Å². The molecule has 1 aliphatic carbocycles. The van der Waals surface area contributed by atoms with E-state index in [4.69, 9.17) is 21.3 Å². The highest BCUT2D eigenvalue weighted by Crippen LogP contribution is 2.33. The number of aromatic amines is 1. The molecule has 4 atom stereocenters. The van der Waals surface area contributed by atoms with Crippen molar-refractivity contribution in [1.29, 1.82) is 0 Å². The van der Waals surface area contributed by atoms with Crippen LogP contribution in [0.3, 0.4) is 0 Å². The molecule has 2 unspecified atom stereocenters. The topological polar surface area (TPSA) is 141 Å². The predicted molar refractivity (Wildman–Crippen MR) is 166 cm³/mol. The van der Waals surface area contributed by atoms with Gasteiger partial charge in [-0.15, -0.1) is 0 Å². The number of rotatable bonds is 7. The first kappa shape index (κ1) is 30.3. The van der Waals surface area contributed by atoms with Gasteiger partial charge in [-0.1, -0.05) is 36.4 Å². The number of anilines is 1. The average Bonchev–Trinajstić information content (AvgIpc) is 3.58. The van der Waals surface area contributed by atoms with E-state index in [0.29, 0.717) is 23.1 Å². The number of aromatic nitrogens is 3. The molecule has 1 saturated heterocycles. The summed E-state index contributed by atoms with van der Waals surface area (Å²) in [5.41, 5.74) is 1.81. The molecule has 3 heterocycles. The van der Waals surface area contributed by atoms with Gasteiger partial charge >= 0.3 is 6.09 Å². The first-order valence-corrected chi connectivity index (χ1v) is 15.0. The van der Waals surface area contributed by atoms with Crippen molar-refractivity contribution in [2.75, 3.05) is 11.9 Å². The number of para-hydroxylation sites is 1. The molecule has 1 aliphatic heterocycles. The number of H-pyrrole nitrogens is 1. The molecular weight excluding hydrogens is 570 g/mol. The Hall–Kier alpha value is -4.12. The van der Waals surface area contributed by atoms with Gasteiger partial charge in [-0.3, -0.25) is 14.5 Å². The first-order chi connectivity index (χ1) is 20.5. The Balaban J connectivity index is 1.25. The fourth-order valence-corrected chi connectivity index (χ4v) is 5.99. The number of nitrogens with one attached hydrogen (secondary N) is 4. The summed E-state index contributed by atoms with van der Waals surface area (Å²) < 4.78 is 5.56. The van der Waals surface area contributed by atoms with Crippen LogP contribution in [0.1, 0.15) is 52.9 Å². The second-order valence-corrected chi connectivity index (χ2v) is 12.6. The number of hydrogen-bond acceptors (Lipinski definition) is 7. The predicted octanol–water partition coefficient (Wildman–Crippen LogP) is 4.80. The Morgan fingerprint density at radius 2 is 1.88 bits per heavy atom. The maximum Gasteiger partial charge on any atom is 0.411 e. The summed E-state index contributed by atoms with van der Waals surface area (Å²) >= 11 is 6.51. The number of carbonyl (C=O) groups is 3. The van der Waals surface area contributed by atoms with Gasteiger partial charge in [0.2, 0.25) is 17.8 Å². The summed E-state index contributed by atoms with van der Waals surface area (Å²) in [6.07, 6.45) is 7.63. The molecule has 4 N–H and O–H groups in total. The number of carbonyl (C=O) groups excluding carboxylic acids is 3. The third kappa shape index (κ3) is 7.27. The third-order valence-electron chi connectivity index (χ3n) is 7.71. The minimum absolute atomic E-state index is 0.0289. The van der Waals surface area contributed by atoms with E-state index >= 15 is 0 Å². The van der Waals surface area contributed by atoms with Crippen molar-refractivity contribution in [3.05, 3.63) is 54.3 Å². The highest BCUT2D eigenvalue weighted by molar-refractivity contribution is 6.33. The van der Waals surface area contributed by atoms with Gasteiger partial charge in [0.15, 0.2) is 0 Å². The number of benzene rings is 1. The standard InChI is InChI=1S/C31H38ClN7O4/c1-5-26(40)35-20-14-25(39(17-20)30(42)43-31(2,3)4)28(41)36-18-9-8-10-19(13-18)37-29-34-16-23(32)27(38-29)22-15-33-24-12-7-6-11-21(22)24/h5-7,11-12,15-16,18-20,25,33H,1,8-10,13-14,17H2,2-4H3,(H,35,40)(H,36,41)(H,34,37,38)/t18?,19-,20+,25?/m1/s1. The summed E-state index contributed by atoms with van der Waals surface area (Å²) in [7, 11) is 0. The number of amides is 3. The van der Waals surface area contributed by atoms with Gasteiger partial charge in [0.25, 0.3) is 0 Å². The summed E-state index contributed by atoms with van der Waals surface area (Å²) in [6.45, 7) is 8.98. The lowest BCUT2D eigenvalue weighted by Gasteiger charge is -2.32. The molecule has 1 saturated carbocycles. The SMILES string of the molecule is C=CC(=O)N[C@H]1CC(C(=O)NC2CCC[C@@H](Nc3ncc(Cl)c(-c4c[nH]c5ccccc45)n3)C2)N(C(=O)OC(C)(C)C)C1. The molecule has 228 valence electrons. The molecule has 0 spiro atoms. The van der Waals surface area contributed by atoms with Crippen LogP contribution in [0.15, 0.2) is 49.3 Å². The second-order valence-electron chi connectivity index (χ2n) is 12.1. The van der Waals surface area contributed by atoms with Crippen molar-refractivity contribution >= 4 is 46.4 Å². The molecule has 2 aliphatic rings. The van der Waals surface area contributed by atoms with Crippen LogP contribution in [0, 0.1) is 0 Å². The van der Waals surface area contributed by atoms with Crippen LogP contribution >= 0.6 is 11.6 Å². The normalized spacial score (nSPS) is 22.2. The second kappa shape index (κ2) is 12.6. The molecule has 2 aromatic heterocycles. The van der Waals surface area contributed by atoms with Gasteiger partial charge in [0.1, 0.15) is 11.6 Å². The monoisotopic (exact) mass is 607 g/mol. The fourth-order valence-electron chi connectivity index (χ4n) is 5.80. The van der Waals surface area contributed by atoms with Crippen LogP contribution in [0.25, 0.3) is 22.2 Å². The molecule has 5 rings (SSSR count). The first-order valence-electron chi connectivity index (χ1n) is 14.6. The largest absolute Gasteiger partial charge is 0.444 e. The van der Waals surface area contributed by atoms with Crippen LogP contribution in [-0.2, 0) is 14.3 Å². The van der Waals surface area contributed by atoms with Crippen LogP contribution < -0.4 is 16.0 Å². The van der Waals surface area contributed by atoms with Gasteiger partial charge < -0.3 is 25.7 Å². The van der Waals surface area contributed by atoms with Gasteiger partial charge in [-0.25, -0.2) is 14.8 Å². The number of nitrogens with zero attached hydrogens (tertiary/aromatic N) is 3. The van der Waals surface area contributed by atoms with Crippen LogP contribution in [0.5, 0.6) is 0 Å². The minimum Gasteiger partial charge on any atom is -0.444 e. The maximum atomic E-state index is 13.5. The smallest absolute Gasteiger partial charge is 0.411 e. The highest BCUT2D eigenvalue weighted by atomic mass is 35.5. The highest BCUT2D eigenvalue weighted by Gasteiger charge is 2.42. The van der Waals surface area contributed by atoms with E-state index in [-0.39, 0.29) is 42.9 Å². The van der Waals surface area contributed by atoms with E-state index in [2.05, 4.69) is 32.5 Å². The van der Waals surface area contributed by atoms with Gasteiger partial charge in [0.05, 0.1) is 16.9 Å². The Morgan fingerprint density at radius 3 is 2.65 bits per heavy atom. The molecule has 43 heavy (non-hydrogen) atoms. The molecule has 3 aromatic rings. The van der Waals surface area contributed by atoms with Crippen molar-refractivity contribution in [2.24, 2.45) is 0 Å². The Bertz CT molecular complexity index is 1520. The Labute approximate surface area is 255 Å². The van der Waals surface area contributed by atoms with Crippen molar-refractivity contribution in [2.45, 2.75) is 82.6 Å². The van der Waals surface area contributed by atoms with E-state index in [1.54, 1.807) is 27.0 Å². The zero-order chi connectivity index (χ0) is 30.7. The van der Waals surface area contributed by atoms with Crippen molar-refractivity contribution in [3.63, 3.8) is 0 Å². The maximum absolute atomic E-state index is 13.5. The molecular formula is C31H38ClN7O4. The summed E-state index contributed by atoms with van der Waals surface area (Å²) in [6, 6.07) is 6.73. The molecule has 1 aromatic carbocycles. The van der Waals surface area contributed by atoms with E-state index in [1.165, 1.54) is 11.0 Å². The number of hydrogen-bond donors (Lipinski definition) is 4. The quantitative estimate of drug-likeness (QED) is 0.283. The molecule has 0 radical (unpaired) electrons. The van der Waals surface area contributed by atoms with Crippen LogP contribution in [0.2, 0.25) is 5.02 Å². The molecule has 12 heteroatoms. The van der Waals surface area contributed by atoms with E-state index < -0.39 is 17.7 Å². The van der Waals surface area contributed by atoms with Gasteiger partial charge in [-0.2, -0.15) is 0 Å². The molecule has 11 nitrogen and oxygen atoms in total. The Kier molecular flexibility index (Phi) is 8.91. The van der Waals surface area contributed by atoms with Crippen molar-refractivity contribution in [3.8, 4) is 11.3 Å². The third-order valence-corrected chi connectivity index (χ3v) is 7.98. The minimum atomic E-state index is -0.767. The lowest BCUT2D eigenvalue weighted by Crippen LogP contribution is -2.51. The molecule has 3 amide bonds. The number of likely N-dealkylation sites (tertiary alicyclic amines) is 1. The molecule has 2 fully saturated rings. The van der Waals surface area contributed by atoms with E-state index in [0.717, 1.165) is 35.7 Å². The number of ether oxygens (including phenoxy) is 1. The van der Waals surface area contributed by atoms with Gasteiger partial charge in [0, 0.05) is 47.3 Å². The average molecular weight is 608 g/mol. The Morgan fingerprint density at radius 1 is 1.12 bits per heavy atom. The zero-order valence-electron chi connectivity index (χ0n) is 24.7. The van der Waals surface area contributed by atoms with E-state index in [1.807, 2.05) is 30.5 Å². The van der Waals surface area contributed by atoms with Crippen LogP contribution in [-0.4, -0.2) is 74.1 Å². The fraction of sp³-hybridized carbons (Fsp3) is 0.452. The summed E-state index contributed by atoms with van der Waals surface area (Å²) in [5, 5.41) is 10.9. The van der Waals surface area contributed by atoms with Crippen molar-refractivity contribution in [1.82, 2.24) is 30.5 Å². The number of fused-ring (bicyclic) bond motifs is 1. The number of halogens is 1. The lowest BCUT2D eigenvalue weighted by atomic mass is 9.90.